The van der Waals surface area contributed by atoms with Gasteiger partial charge >= 0.3 is 0 Å². The number of hydrogen-bond donors (Lipinski definition) is 0. The van der Waals surface area contributed by atoms with Gasteiger partial charge in [-0.2, -0.15) is 0 Å². The molecule has 0 aliphatic rings. The Balaban J connectivity index is 1.76. The number of carbonyl (C=O) groups is 1. The van der Waals surface area contributed by atoms with Crippen molar-refractivity contribution in [2.45, 2.75) is 46.0 Å². The molecule has 0 saturated carbocycles. The molecular weight excluding hydrogens is 413 g/mol. The molecule has 0 N–H and O–H groups in total. The Kier molecular flexibility index (Phi) is 7.28. The van der Waals surface area contributed by atoms with E-state index in [4.69, 9.17) is 4.74 Å². The summed E-state index contributed by atoms with van der Waals surface area (Å²) in [6.07, 6.45) is 1.72. The van der Waals surface area contributed by atoms with Gasteiger partial charge in [0.1, 0.15) is 6.61 Å². The molecule has 0 bridgehead atoms. The summed E-state index contributed by atoms with van der Waals surface area (Å²) < 4.78 is 21.2. The van der Waals surface area contributed by atoms with E-state index < -0.39 is 5.82 Å². The Labute approximate surface area is 186 Å². The maximum absolute atomic E-state index is 13.8. The van der Waals surface area contributed by atoms with Crippen molar-refractivity contribution < 1.29 is 13.9 Å². The normalized spacial score (nSPS) is 10.9. The highest BCUT2D eigenvalue weighted by Crippen LogP contribution is 2.26. The van der Waals surface area contributed by atoms with Crippen molar-refractivity contribution >= 4 is 17.5 Å². The fourth-order valence-electron chi connectivity index (χ4n) is 3.39. The largest absolute Gasteiger partial charge is 0.483 e. The van der Waals surface area contributed by atoms with E-state index in [1.54, 1.807) is 24.3 Å². The smallest absolute Gasteiger partial charge is 0.192 e. The molecule has 1 aromatic heterocycles. The molecule has 0 aliphatic carbocycles. The molecule has 0 saturated heterocycles. The summed E-state index contributed by atoms with van der Waals surface area (Å²) in [7, 11) is 0. The van der Waals surface area contributed by atoms with Crippen LogP contribution in [-0.2, 0) is 13.2 Å². The van der Waals surface area contributed by atoms with E-state index in [9.17, 15) is 9.18 Å². The van der Waals surface area contributed by atoms with Crippen LogP contribution in [0.5, 0.6) is 5.75 Å². The van der Waals surface area contributed by atoms with Crippen molar-refractivity contribution in [3.8, 4) is 5.75 Å². The maximum Gasteiger partial charge on any atom is 0.192 e. The van der Waals surface area contributed by atoms with Crippen molar-refractivity contribution in [1.82, 2.24) is 14.8 Å². The quantitative estimate of drug-likeness (QED) is 0.254. The second kappa shape index (κ2) is 9.92. The zero-order valence-electron chi connectivity index (χ0n) is 18.2. The van der Waals surface area contributed by atoms with Gasteiger partial charge in [0.05, 0.1) is 5.75 Å². The Bertz CT molecular complexity index is 1100. The highest BCUT2D eigenvalue weighted by atomic mass is 32.2. The van der Waals surface area contributed by atoms with Gasteiger partial charge in [-0.1, -0.05) is 36.0 Å². The van der Waals surface area contributed by atoms with Crippen molar-refractivity contribution in [3.05, 3.63) is 82.4 Å². The van der Waals surface area contributed by atoms with Gasteiger partial charge in [-0.05, 0) is 62.1 Å². The first-order chi connectivity index (χ1) is 14.8. The molecule has 5 nitrogen and oxygen atoms in total. The average molecular weight is 440 g/mol. The molecule has 2 aromatic carbocycles. The van der Waals surface area contributed by atoms with Crippen molar-refractivity contribution in [2.75, 3.05) is 5.75 Å². The summed E-state index contributed by atoms with van der Waals surface area (Å²) in [6, 6.07) is 8.32. The fourth-order valence-corrected chi connectivity index (χ4v) is 4.23. The van der Waals surface area contributed by atoms with Crippen molar-refractivity contribution in [3.63, 3.8) is 0 Å². The molecule has 1 heterocycles. The van der Waals surface area contributed by atoms with Crippen LogP contribution >= 0.6 is 11.8 Å². The number of carbonyl (C=O) groups excluding carboxylic acids is 1. The molecule has 0 fully saturated rings. The lowest BCUT2D eigenvalue weighted by atomic mass is 9.92. The number of ether oxygens (including phenoxy) is 1. The van der Waals surface area contributed by atoms with Crippen LogP contribution < -0.4 is 4.74 Å². The van der Waals surface area contributed by atoms with Gasteiger partial charge in [0.15, 0.2) is 28.3 Å². The van der Waals surface area contributed by atoms with Crippen LogP contribution in [0.3, 0.4) is 0 Å². The number of halogens is 1. The third-order valence-corrected chi connectivity index (χ3v) is 6.24. The fraction of sp³-hybridized carbons (Fsp3) is 0.292. The minimum atomic E-state index is -0.434. The van der Waals surface area contributed by atoms with Gasteiger partial charge < -0.3 is 4.74 Å². The number of rotatable bonds is 9. The third-order valence-electron chi connectivity index (χ3n) is 5.28. The average Bonchev–Trinajstić information content (AvgIpc) is 3.12. The molecule has 162 valence electrons. The third kappa shape index (κ3) is 5.05. The van der Waals surface area contributed by atoms with E-state index in [2.05, 4.69) is 22.8 Å². The number of aryl methyl sites for hydroxylation is 2. The molecule has 0 spiro atoms. The molecule has 31 heavy (non-hydrogen) atoms. The number of ketones is 1. The second-order valence-corrected chi connectivity index (χ2v) is 8.31. The van der Waals surface area contributed by atoms with Crippen LogP contribution in [0, 0.1) is 33.5 Å². The van der Waals surface area contributed by atoms with Gasteiger partial charge in [-0.3, -0.25) is 9.36 Å². The summed E-state index contributed by atoms with van der Waals surface area (Å²) in [6.45, 7) is 12.3. The number of para-hydroxylation sites is 1. The molecule has 0 unspecified atom stereocenters. The van der Waals surface area contributed by atoms with E-state index in [1.807, 2.05) is 32.3 Å². The monoisotopic (exact) mass is 439 g/mol. The lowest BCUT2D eigenvalue weighted by Gasteiger charge is -2.14. The van der Waals surface area contributed by atoms with E-state index in [0.717, 1.165) is 27.8 Å². The predicted molar refractivity (Wildman–Crippen MR) is 121 cm³/mol. The maximum atomic E-state index is 13.8. The second-order valence-electron chi connectivity index (χ2n) is 7.36. The number of benzene rings is 2. The van der Waals surface area contributed by atoms with Gasteiger partial charge in [-0.15, -0.1) is 16.8 Å². The number of aromatic nitrogens is 3. The molecule has 3 aromatic rings. The summed E-state index contributed by atoms with van der Waals surface area (Å²) in [4.78, 5) is 13.0. The molecule has 3 rings (SSSR count). The van der Waals surface area contributed by atoms with Gasteiger partial charge in [0, 0.05) is 12.1 Å². The zero-order valence-corrected chi connectivity index (χ0v) is 19.1. The predicted octanol–water partition coefficient (Wildman–Crippen LogP) is 5.39. The van der Waals surface area contributed by atoms with Crippen LogP contribution in [0.15, 0.2) is 48.1 Å². The van der Waals surface area contributed by atoms with Crippen molar-refractivity contribution in [1.29, 1.82) is 0 Å². The van der Waals surface area contributed by atoms with Crippen LogP contribution in [0.1, 0.15) is 38.4 Å². The lowest BCUT2D eigenvalue weighted by Crippen LogP contribution is -2.11. The first-order valence-corrected chi connectivity index (χ1v) is 11.0. The highest BCUT2D eigenvalue weighted by molar-refractivity contribution is 7.99. The summed E-state index contributed by atoms with van der Waals surface area (Å²) in [5.74, 6) is 0.562. The van der Waals surface area contributed by atoms with Gasteiger partial charge in [-0.25, -0.2) is 4.39 Å². The van der Waals surface area contributed by atoms with E-state index >= 15 is 0 Å². The number of allylic oxidation sites excluding steroid dienone is 1. The first kappa shape index (κ1) is 22.7. The molecule has 0 radical (unpaired) electrons. The molecule has 7 heteroatoms. The van der Waals surface area contributed by atoms with E-state index in [0.29, 0.717) is 17.5 Å². The standard InChI is InChI=1S/C24H26FN3O2S/c1-6-11-28-22(13-30-21-10-8-7-9-19(21)25)26-27-24(28)31-14-20(29)23-17(4)15(2)12-16(3)18(23)5/h6-10,12H,1,11,13-14H2,2-5H3. The first-order valence-electron chi connectivity index (χ1n) is 9.97. The topological polar surface area (TPSA) is 57.0 Å². The summed E-state index contributed by atoms with van der Waals surface area (Å²) in [5.41, 5.74) is 5.03. The minimum absolute atomic E-state index is 0.0594. The minimum Gasteiger partial charge on any atom is -0.483 e. The SMILES string of the molecule is C=CCn1c(COc2ccccc2F)nnc1SCC(=O)c1c(C)c(C)cc(C)c1C. The number of hydrogen-bond acceptors (Lipinski definition) is 5. The van der Waals surface area contributed by atoms with Crippen LogP contribution in [0.4, 0.5) is 4.39 Å². The van der Waals surface area contributed by atoms with Gasteiger partial charge in [0.25, 0.3) is 0 Å². The van der Waals surface area contributed by atoms with Crippen LogP contribution in [0.25, 0.3) is 0 Å². The number of nitrogens with zero attached hydrogens (tertiary/aromatic N) is 3. The Morgan fingerprint density at radius 1 is 1.16 bits per heavy atom. The highest BCUT2D eigenvalue weighted by Gasteiger charge is 2.19. The van der Waals surface area contributed by atoms with E-state index in [-0.39, 0.29) is 23.9 Å². The summed E-state index contributed by atoms with van der Waals surface area (Å²) in [5, 5.41) is 8.99. The van der Waals surface area contributed by atoms with Crippen molar-refractivity contribution in [2.24, 2.45) is 0 Å². The van der Waals surface area contributed by atoms with Crippen LogP contribution in [-0.4, -0.2) is 26.3 Å². The molecular formula is C24H26FN3O2S. The zero-order chi connectivity index (χ0) is 22.5. The Hall–Kier alpha value is -2.93. The Morgan fingerprint density at radius 3 is 2.48 bits per heavy atom. The molecule has 0 atom stereocenters. The molecule has 0 amide bonds. The molecule has 0 aliphatic heterocycles. The number of thioether (sulfide) groups is 1. The van der Waals surface area contributed by atoms with Gasteiger partial charge in [0.2, 0.25) is 0 Å². The lowest BCUT2D eigenvalue weighted by molar-refractivity contribution is 0.102. The number of Topliss-reactive ketones (excluding diaryl/α,β-unsaturated/α-hetero) is 1. The summed E-state index contributed by atoms with van der Waals surface area (Å²) >= 11 is 1.33. The van der Waals surface area contributed by atoms with Crippen LogP contribution in [0.2, 0.25) is 0 Å². The Morgan fingerprint density at radius 2 is 1.84 bits per heavy atom. The van der Waals surface area contributed by atoms with E-state index in [1.165, 1.54) is 17.8 Å².